The van der Waals surface area contributed by atoms with Crippen LogP contribution in [0.3, 0.4) is 0 Å². The second-order valence-corrected chi connectivity index (χ2v) is 4.48. The van der Waals surface area contributed by atoms with Gasteiger partial charge in [0, 0.05) is 39.6 Å². The van der Waals surface area contributed by atoms with Gasteiger partial charge in [-0.15, -0.1) is 0 Å². The molecular formula is C14H23N3O3. The highest BCUT2D eigenvalue weighted by molar-refractivity contribution is 5.95. The maximum absolute atomic E-state index is 12.6. The number of nitrogens with zero attached hydrogens (tertiary/aromatic N) is 2. The molecule has 1 heterocycles. The summed E-state index contributed by atoms with van der Waals surface area (Å²) in [7, 11) is 5.02. The van der Waals surface area contributed by atoms with Gasteiger partial charge in [-0.05, 0) is 19.1 Å². The van der Waals surface area contributed by atoms with Crippen molar-refractivity contribution in [2.45, 2.75) is 13.0 Å². The molecule has 112 valence electrons. The number of methoxy groups -OCH3 is 2. The fourth-order valence-electron chi connectivity index (χ4n) is 1.91. The number of amides is 1. The minimum atomic E-state index is -0.0505. The lowest BCUT2D eigenvalue weighted by molar-refractivity contribution is 0.0479. The largest absolute Gasteiger partial charge is 0.383 e. The predicted molar refractivity (Wildman–Crippen MR) is 78.0 cm³/mol. The second-order valence-electron chi connectivity index (χ2n) is 4.48. The lowest BCUT2D eigenvalue weighted by Gasteiger charge is -2.28. The first-order valence-corrected chi connectivity index (χ1v) is 6.56. The lowest BCUT2D eigenvalue weighted by atomic mass is 10.2. The zero-order chi connectivity index (χ0) is 15.0. The number of ether oxygens (including phenoxy) is 2. The predicted octanol–water partition coefficient (Wildman–Crippen LogP) is 1.25. The first-order chi connectivity index (χ1) is 9.63. The van der Waals surface area contributed by atoms with Crippen molar-refractivity contribution in [2.24, 2.45) is 0 Å². The van der Waals surface area contributed by atoms with Crippen molar-refractivity contribution in [2.75, 3.05) is 46.3 Å². The summed E-state index contributed by atoms with van der Waals surface area (Å²) in [5.41, 5.74) is 0.600. The van der Waals surface area contributed by atoms with Crippen LogP contribution in [-0.4, -0.2) is 62.9 Å². The van der Waals surface area contributed by atoms with Gasteiger partial charge in [0.05, 0.1) is 19.3 Å². The van der Waals surface area contributed by atoms with Crippen LogP contribution in [0.4, 0.5) is 5.82 Å². The normalized spacial score (nSPS) is 12.0. The second kappa shape index (κ2) is 8.50. The molecule has 0 spiro atoms. The molecule has 1 aromatic heterocycles. The fourth-order valence-corrected chi connectivity index (χ4v) is 1.91. The molecule has 0 saturated heterocycles. The molecule has 1 aromatic rings. The van der Waals surface area contributed by atoms with E-state index in [1.54, 1.807) is 44.5 Å². The van der Waals surface area contributed by atoms with E-state index in [0.717, 1.165) is 0 Å². The Morgan fingerprint density at radius 1 is 1.45 bits per heavy atom. The van der Waals surface area contributed by atoms with E-state index in [1.165, 1.54) is 0 Å². The molecule has 1 N–H and O–H groups in total. The van der Waals surface area contributed by atoms with Crippen LogP contribution in [0.5, 0.6) is 0 Å². The van der Waals surface area contributed by atoms with Gasteiger partial charge in [-0.2, -0.15) is 0 Å². The molecule has 0 bridgehead atoms. The third-order valence-electron chi connectivity index (χ3n) is 3.00. The number of nitrogens with one attached hydrogen (secondary N) is 1. The highest BCUT2D eigenvalue weighted by Crippen LogP contribution is 2.12. The topological polar surface area (TPSA) is 63.7 Å². The number of rotatable bonds is 8. The molecule has 0 radical (unpaired) electrons. The van der Waals surface area contributed by atoms with Crippen molar-refractivity contribution in [1.29, 1.82) is 0 Å². The average molecular weight is 281 g/mol. The van der Waals surface area contributed by atoms with E-state index in [0.29, 0.717) is 31.1 Å². The Morgan fingerprint density at radius 2 is 2.20 bits per heavy atom. The number of carbonyl (C=O) groups is 1. The Hall–Kier alpha value is -1.66. The zero-order valence-corrected chi connectivity index (χ0v) is 12.5. The van der Waals surface area contributed by atoms with E-state index in [9.17, 15) is 4.79 Å². The number of pyridine rings is 1. The van der Waals surface area contributed by atoms with Crippen molar-refractivity contribution in [3.63, 3.8) is 0 Å². The third-order valence-corrected chi connectivity index (χ3v) is 3.00. The Kier molecular flexibility index (Phi) is 6.97. The summed E-state index contributed by atoms with van der Waals surface area (Å²) in [4.78, 5) is 18.5. The van der Waals surface area contributed by atoms with E-state index < -0.39 is 0 Å². The van der Waals surface area contributed by atoms with Crippen molar-refractivity contribution in [3.8, 4) is 0 Å². The number of aromatic nitrogens is 1. The van der Waals surface area contributed by atoms with Crippen molar-refractivity contribution < 1.29 is 14.3 Å². The molecule has 1 unspecified atom stereocenters. The monoisotopic (exact) mass is 281 g/mol. The third kappa shape index (κ3) is 4.47. The van der Waals surface area contributed by atoms with Crippen LogP contribution in [0.25, 0.3) is 0 Å². The van der Waals surface area contributed by atoms with Gasteiger partial charge >= 0.3 is 0 Å². The minimum Gasteiger partial charge on any atom is -0.383 e. The standard InChI is InChI=1S/C14H23N3O3/c1-11(10-20-4)17(7-8-19-3)14(18)12-5-6-16-13(9-12)15-2/h5-6,9,11H,7-8,10H2,1-4H3,(H,15,16). The average Bonchev–Trinajstić information content (AvgIpc) is 2.47. The zero-order valence-electron chi connectivity index (χ0n) is 12.5. The van der Waals surface area contributed by atoms with E-state index >= 15 is 0 Å². The molecule has 0 aliphatic rings. The van der Waals surface area contributed by atoms with Gasteiger partial charge in [-0.3, -0.25) is 4.79 Å². The number of carbonyl (C=O) groups excluding carboxylic acids is 1. The summed E-state index contributed by atoms with van der Waals surface area (Å²) >= 11 is 0. The summed E-state index contributed by atoms with van der Waals surface area (Å²) < 4.78 is 10.2. The molecule has 20 heavy (non-hydrogen) atoms. The smallest absolute Gasteiger partial charge is 0.254 e. The number of hydrogen-bond acceptors (Lipinski definition) is 5. The summed E-state index contributed by atoms with van der Waals surface area (Å²) in [5.74, 6) is 0.618. The van der Waals surface area contributed by atoms with Crippen LogP contribution in [0.2, 0.25) is 0 Å². The van der Waals surface area contributed by atoms with Crippen LogP contribution < -0.4 is 5.32 Å². The Bertz CT molecular complexity index is 426. The SMILES string of the molecule is CNc1cc(C(=O)N(CCOC)C(C)COC)ccn1. The maximum atomic E-state index is 12.6. The van der Waals surface area contributed by atoms with Crippen molar-refractivity contribution >= 4 is 11.7 Å². The molecule has 1 atom stereocenters. The first-order valence-electron chi connectivity index (χ1n) is 6.56. The lowest BCUT2D eigenvalue weighted by Crippen LogP contribution is -2.43. The van der Waals surface area contributed by atoms with E-state index in [2.05, 4.69) is 10.3 Å². The van der Waals surface area contributed by atoms with Gasteiger partial charge in [0.1, 0.15) is 5.82 Å². The number of anilines is 1. The summed E-state index contributed by atoms with van der Waals surface area (Å²) in [6.45, 7) is 3.46. The first kappa shape index (κ1) is 16.4. The fraction of sp³-hybridized carbons (Fsp3) is 0.571. The van der Waals surface area contributed by atoms with Crippen LogP contribution >= 0.6 is 0 Å². The highest BCUT2D eigenvalue weighted by atomic mass is 16.5. The van der Waals surface area contributed by atoms with E-state index in [1.807, 2.05) is 6.92 Å². The van der Waals surface area contributed by atoms with E-state index in [-0.39, 0.29) is 11.9 Å². The van der Waals surface area contributed by atoms with Crippen LogP contribution in [0, 0.1) is 0 Å². The molecule has 1 rings (SSSR count). The number of hydrogen-bond donors (Lipinski definition) is 1. The molecule has 0 aliphatic heterocycles. The molecule has 0 fully saturated rings. The Labute approximate surface area is 120 Å². The quantitative estimate of drug-likeness (QED) is 0.777. The van der Waals surface area contributed by atoms with Crippen molar-refractivity contribution in [1.82, 2.24) is 9.88 Å². The molecule has 6 nitrogen and oxygen atoms in total. The highest BCUT2D eigenvalue weighted by Gasteiger charge is 2.21. The van der Waals surface area contributed by atoms with Crippen molar-refractivity contribution in [3.05, 3.63) is 23.9 Å². The van der Waals surface area contributed by atoms with Gasteiger partial charge in [-0.1, -0.05) is 0 Å². The molecule has 0 saturated carbocycles. The molecular weight excluding hydrogens is 258 g/mol. The van der Waals surface area contributed by atoms with Crippen LogP contribution in [0.1, 0.15) is 17.3 Å². The summed E-state index contributed by atoms with van der Waals surface area (Å²) in [6, 6.07) is 3.43. The molecule has 0 aliphatic carbocycles. The minimum absolute atomic E-state index is 0.0196. The molecule has 6 heteroatoms. The van der Waals surface area contributed by atoms with Crippen LogP contribution in [0.15, 0.2) is 18.3 Å². The maximum Gasteiger partial charge on any atom is 0.254 e. The summed E-state index contributed by atoms with van der Waals surface area (Å²) in [5, 5.41) is 2.93. The van der Waals surface area contributed by atoms with Gasteiger partial charge in [0.15, 0.2) is 0 Å². The Balaban J connectivity index is 2.90. The van der Waals surface area contributed by atoms with Gasteiger partial charge < -0.3 is 19.7 Å². The van der Waals surface area contributed by atoms with Gasteiger partial charge in [0.2, 0.25) is 0 Å². The van der Waals surface area contributed by atoms with Gasteiger partial charge in [0.25, 0.3) is 5.91 Å². The Morgan fingerprint density at radius 3 is 2.80 bits per heavy atom. The van der Waals surface area contributed by atoms with Crippen LogP contribution in [-0.2, 0) is 9.47 Å². The van der Waals surface area contributed by atoms with E-state index in [4.69, 9.17) is 9.47 Å². The molecule has 0 aromatic carbocycles. The molecule has 1 amide bonds. The summed E-state index contributed by atoms with van der Waals surface area (Å²) in [6.07, 6.45) is 1.62. The van der Waals surface area contributed by atoms with Gasteiger partial charge in [-0.25, -0.2) is 4.98 Å².